The van der Waals surface area contributed by atoms with Crippen molar-refractivity contribution < 1.29 is 4.79 Å². The molecule has 1 aliphatic rings. The van der Waals surface area contributed by atoms with E-state index in [0.717, 1.165) is 12.8 Å². The number of carbonyl (C=O) groups excluding carboxylic acids is 1. The molecule has 0 bridgehead atoms. The molecule has 1 aromatic rings. The monoisotopic (exact) mass is 298 g/mol. The molecule has 6 heteroatoms. The molecule has 1 heterocycles. The van der Waals surface area contributed by atoms with Crippen LogP contribution in [0.15, 0.2) is 17.0 Å². The fourth-order valence-corrected chi connectivity index (χ4v) is 2.24. The highest BCUT2D eigenvalue weighted by molar-refractivity contribution is 9.10. The molecule has 3 N–H and O–H groups in total. The molecule has 0 saturated heterocycles. The van der Waals surface area contributed by atoms with E-state index in [4.69, 9.17) is 5.73 Å². The van der Waals surface area contributed by atoms with Crippen LogP contribution < -0.4 is 11.1 Å². The van der Waals surface area contributed by atoms with E-state index in [1.165, 1.54) is 12.6 Å². The average Bonchev–Trinajstić information content (AvgIpc) is 2.27. The van der Waals surface area contributed by atoms with Crippen LogP contribution >= 0.6 is 15.9 Å². The first kappa shape index (κ1) is 12.4. The maximum atomic E-state index is 11.8. The first-order valence-electron chi connectivity index (χ1n) is 5.61. The minimum atomic E-state index is -0.0354. The highest BCUT2D eigenvalue weighted by atomic mass is 79.9. The van der Waals surface area contributed by atoms with E-state index < -0.39 is 0 Å². The van der Waals surface area contributed by atoms with Gasteiger partial charge in [-0.3, -0.25) is 4.79 Å². The van der Waals surface area contributed by atoms with Crippen molar-refractivity contribution >= 4 is 27.7 Å². The number of aromatic nitrogens is 2. The summed E-state index contributed by atoms with van der Waals surface area (Å²) in [7, 11) is 0. The standard InChI is InChI=1S/C11H15BrN4O/c12-8-5-15-9(6-14-8)16-10(17)4-11(7-13)2-1-3-11/h5-6H,1-4,7,13H2,(H,15,16,17). The van der Waals surface area contributed by atoms with Crippen LogP contribution in [0.3, 0.4) is 0 Å². The number of hydrogen-bond donors (Lipinski definition) is 2. The van der Waals surface area contributed by atoms with Gasteiger partial charge in [0.15, 0.2) is 5.82 Å². The third kappa shape index (κ3) is 3.01. The lowest BCUT2D eigenvalue weighted by molar-refractivity contribution is -0.119. The first-order chi connectivity index (χ1) is 8.13. The summed E-state index contributed by atoms with van der Waals surface area (Å²) >= 11 is 3.19. The number of anilines is 1. The van der Waals surface area contributed by atoms with Gasteiger partial charge in [0.25, 0.3) is 0 Å². The molecule has 0 radical (unpaired) electrons. The molecule has 1 aliphatic carbocycles. The predicted molar refractivity (Wildman–Crippen MR) is 68.3 cm³/mol. The third-order valence-corrected chi connectivity index (χ3v) is 3.68. The van der Waals surface area contributed by atoms with Gasteiger partial charge in [-0.15, -0.1) is 0 Å². The van der Waals surface area contributed by atoms with Gasteiger partial charge in [-0.1, -0.05) is 6.42 Å². The van der Waals surface area contributed by atoms with Crippen molar-refractivity contribution in [3.63, 3.8) is 0 Å². The number of nitrogens with two attached hydrogens (primary N) is 1. The van der Waals surface area contributed by atoms with Crippen LogP contribution in [0.4, 0.5) is 5.82 Å². The Labute approximate surface area is 108 Å². The van der Waals surface area contributed by atoms with Crippen molar-refractivity contribution in [1.82, 2.24) is 9.97 Å². The summed E-state index contributed by atoms with van der Waals surface area (Å²) in [5.74, 6) is 0.441. The quantitative estimate of drug-likeness (QED) is 0.886. The zero-order valence-corrected chi connectivity index (χ0v) is 11.0. The molecule has 17 heavy (non-hydrogen) atoms. The summed E-state index contributed by atoms with van der Waals surface area (Å²) in [6.07, 6.45) is 6.81. The van der Waals surface area contributed by atoms with Crippen molar-refractivity contribution in [1.29, 1.82) is 0 Å². The van der Waals surface area contributed by atoms with Crippen LogP contribution in [0.5, 0.6) is 0 Å². The Morgan fingerprint density at radius 3 is 2.71 bits per heavy atom. The summed E-state index contributed by atoms with van der Waals surface area (Å²) < 4.78 is 0.646. The molecule has 0 aliphatic heterocycles. The average molecular weight is 299 g/mol. The SMILES string of the molecule is NCC1(CC(=O)Nc2cnc(Br)cn2)CCC1. The van der Waals surface area contributed by atoms with E-state index in [2.05, 4.69) is 31.2 Å². The predicted octanol–water partition coefficient (Wildman–Crippen LogP) is 1.70. The number of amides is 1. The fourth-order valence-electron chi connectivity index (χ4n) is 2.03. The second-order valence-electron chi connectivity index (χ2n) is 4.51. The van der Waals surface area contributed by atoms with Crippen LogP contribution in [-0.4, -0.2) is 22.4 Å². The van der Waals surface area contributed by atoms with Gasteiger partial charge in [0.2, 0.25) is 5.91 Å². The van der Waals surface area contributed by atoms with Crippen molar-refractivity contribution in [2.75, 3.05) is 11.9 Å². The number of hydrogen-bond acceptors (Lipinski definition) is 4. The number of nitrogens with zero attached hydrogens (tertiary/aromatic N) is 2. The van der Waals surface area contributed by atoms with Gasteiger partial charge in [-0.05, 0) is 40.7 Å². The van der Waals surface area contributed by atoms with Crippen molar-refractivity contribution in [2.24, 2.45) is 11.1 Å². The lowest BCUT2D eigenvalue weighted by Gasteiger charge is -2.40. The van der Waals surface area contributed by atoms with Crippen LogP contribution in [0.25, 0.3) is 0 Å². The van der Waals surface area contributed by atoms with E-state index >= 15 is 0 Å². The zero-order chi connectivity index (χ0) is 12.3. The van der Waals surface area contributed by atoms with Crippen molar-refractivity contribution in [3.8, 4) is 0 Å². The fraction of sp³-hybridized carbons (Fsp3) is 0.545. The van der Waals surface area contributed by atoms with Gasteiger partial charge in [0.05, 0.1) is 12.4 Å². The van der Waals surface area contributed by atoms with Crippen molar-refractivity contribution in [3.05, 3.63) is 17.0 Å². The van der Waals surface area contributed by atoms with Crippen LogP contribution in [0.2, 0.25) is 0 Å². The lowest BCUT2D eigenvalue weighted by atomic mass is 9.66. The Hall–Kier alpha value is -1.01. The molecule has 0 atom stereocenters. The topological polar surface area (TPSA) is 80.9 Å². The molecule has 2 rings (SSSR count). The normalized spacial score (nSPS) is 17.3. The highest BCUT2D eigenvalue weighted by Crippen LogP contribution is 2.42. The van der Waals surface area contributed by atoms with E-state index in [-0.39, 0.29) is 11.3 Å². The molecule has 1 saturated carbocycles. The molecule has 1 amide bonds. The Kier molecular flexibility index (Phi) is 3.73. The second kappa shape index (κ2) is 5.10. The molecule has 92 valence electrons. The molecule has 0 aromatic carbocycles. The Bertz CT molecular complexity index is 397. The van der Waals surface area contributed by atoms with E-state index in [0.29, 0.717) is 23.4 Å². The minimum Gasteiger partial charge on any atom is -0.330 e. The summed E-state index contributed by atoms with van der Waals surface area (Å²) in [5, 5.41) is 2.74. The first-order valence-corrected chi connectivity index (χ1v) is 6.40. The largest absolute Gasteiger partial charge is 0.330 e. The Balaban J connectivity index is 1.91. The van der Waals surface area contributed by atoms with Crippen molar-refractivity contribution in [2.45, 2.75) is 25.7 Å². The number of carbonyl (C=O) groups is 1. The third-order valence-electron chi connectivity index (χ3n) is 3.27. The van der Waals surface area contributed by atoms with Crippen LogP contribution in [0.1, 0.15) is 25.7 Å². The number of nitrogens with one attached hydrogen (secondary N) is 1. The summed E-state index contributed by atoms with van der Waals surface area (Å²) in [5.41, 5.74) is 5.74. The maximum absolute atomic E-state index is 11.8. The van der Waals surface area contributed by atoms with E-state index in [9.17, 15) is 4.79 Å². The van der Waals surface area contributed by atoms with Crippen LogP contribution in [-0.2, 0) is 4.79 Å². The van der Waals surface area contributed by atoms with E-state index in [1.54, 1.807) is 6.20 Å². The summed E-state index contributed by atoms with van der Waals surface area (Å²) in [6, 6.07) is 0. The van der Waals surface area contributed by atoms with Gasteiger partial charge in [0.1, 0.15) is 4.60 Å². The molecule has 1 aromatic heterocycles. The van der Waals surface area contributed by atoms with Gasteiger partial charge < -0.3 is 11.1 Å². The van der Waals surface area contributed by atoms with Gasteiger partial charge in [-0.25, -0.2) is 9.97 Å². The second-order valence-corrected chi connectivity index (χ2v) is 5.32. The minimum absolute atomic E-state index is 0.0207. The molecule has 0 unspecified atom stereocenters. The zero-order valence-electron chi connectivity index (χ0n) is 9.45. The maximum Gasteiger partial charge on any atom is 0.226 e. The molecule has 0 spiro atoms. The number of rotatable bonds is 4. The molecular formula is C11H15BrN4O. The summed E-state index contributed by atoms with van der Waals surface area (Å²) in [6.45, 7) is 0.576. The molecular weight excluding hydrogens is 284 g/mol. The summed E-state index contributed by atoms with van der Waals surface area (Å²) in [4.78, 5) is 19.9. The molecule has 1 fully saturated rings. The van der Waals surface area contributed by atoms with Gasteiger partial charge in [-0.2, -0.15) is 0 Å². The smallest absolute Gasteiger partial charge is 0.226 e. The Morgan fingerprint density at radius 2 is 2.24 bits per heavy atom. The lowest BCUT2D eigenvalue weighted by Crippen LogP contribution is -2.40. The van der Waals surface area contributed by atoms with Gasteiger partial charge >= 0.3 is 0 Å². The van der Waals surface area contributed by atoms with Crippen LogP contribution in [0, 0.1) is 5.41 Å². The number of halogens is 1. The van der Waals surface area contributed by atoms with Gasteiger partial charge in [0, 0.05) is 6.42 Å². The Morgan fingerprint density at radius 1 is 1.47 bits per heavy atom. The van der Waals surface area contributed by atoms with E-state index in [1.807, 2.05) is 0 Å². The highest BCUT2D eigenvalue weighted by Gasteiger charge is 2.37. The molecule has 5 nitrogen and oxygen atoms in total.